The molecule has 0 atom stereocenters. The van der Waals surface area contributed by atoms with E-state index in [0.717, 1.165) is 0 Å². The van der Waals surface area contributed by atoms with Gasteiger partial charge in [-0.2, -0.15) is 5.10 Å². The number of ether oxygens (including phenoxy) is 1. The van der Waals surface area contributed by atoms with Crippen LogP contribution in [0.1, 0.15) is 15.9 Å². The predicted octanol–water partition coefficient (Wildman–Crippen LogP) is 3.37. The van der Waals surface area contributed by atoms with E-state index in [1.807, 2.05) is 0 Å². The van der Waals surface area contributed by atoms with Crippen LogP contribution in [0, 0.1) is 0 Å². The molecular formula is C18H16ClN5O3. The lowest BCUT2D eigenvalue weighted by Crippen LogP contribution is -2.12. The van der Waals surface area contributed by atoms with E-state index in [0.29, 0.717) is 27.8 Å². The number of aliphatic imine (C=N–C) groups is 1. The fourth-order valence-electron chi connectivity index (χ4n) is 2.37. The van der Waals surface area contributed by atoms with Crippen molar-refractivity contribution >= 4 is 41.0 Å². The minimum absolute atomic E-state index is 0.0141. The Bertz CT molecular complexity index is 1020. The minimum atomic E-state index is -0.691. The highest BCUT2D eigenvalue weighted by Gasteiger charge is 2.18. The Balaban J connectivity index is 1.90. The van der Waals surface area contributed by atoms with Crippen molar-refractivity contribution in [2.75, 3.05) is 12.4 Å². The Morgan fingerprint density at radius 2 is 2.19 bits per heavy atom. The largest absolute Gasteiger partial charge is 0.504 e. The van der Waals surface area contributed by atoms with Gasteiger partial charge >= 0.3 is 0 Å². The first-order valence-electron chi connectivity index (χ1n) is 7.79. The fraction of sp³-hybridized carbons (Fsp3) is 0.0556. The molecule has 138 valence electrons. The number of nitrogens with one attached hydrogen (secondary N) is 2. The lowest BCUT2D eigenvalue weighted by molar-refractivity contribution is 0.100. The molecule has 0 aliphatic heterocycles. The zero-order valence-corrected chi connectivity index (χ0v) is 15.0. The van der Waals surface area contributed by atoms with Crippen molar-refractivity contribution < 1.29 is 14.6 Å². The summed E-state index contributed by atoms with van der Waals surface area (Å²) in [4.78, 5) is 16.1. The third-order valence-electron chi connectivity index (χ3n) is 3.63. The zero-order valence-electron chi connectivity index (χ0n) is 14.2. The molecule has 3 aromatic rings. The van der Waals surface area contributed by atoms with Crippen molar-refractivity contribution in [2.24, 2.45) is 10.7 Å². The number of methoxy groups -OCH3 is 1. The van der Waals surface area contributed by atoms with Gasteiger partial charge in [0.15, 0.2) is 17.3 Å². The predicted molar refractivity (Wildman–Crippen MR) is 104 cm³/mol. The standard InChI is InChI=1S/C18H16ClN5O3/c1-27-14-7-10(5-6-13(14)25)9-21-17-15(16(20)26)18(24-23-17)22-12-4-2-3-11(19)8-12/h2-9,25H,1H3,(H2,20,26)(H2,22,23,24). The first-order valence-corrected chi connectivity index (χ1v) is 8.17. The third kappa shape index (κ3) is 4.18. The van der Waals surface area contributed by atoms with Gasteiger partial charge in [-0.3, -0.25) is 9.89 Å². The van der Waals surface area contributed by atoms with Crippen molar-refractivity contribution in [1.29, 1.82) is 0 Å². The molecule has 0 fully saturated rings. The molecule has 3 rings (SSSR count). The molecule has 0 saturated carbocycles. The lowest BCUT2D eigenvalue weighted by Gasteiger charge is -2.05. The topological polar surface area (TPSA) is 126 Å². The molecule has 1 aromatic heterocycles. The maximum Gasteiger partial charge on any atom is 0.256 e. The van der Waals surface area contributed by atoms with Gasteiger partial charge in [0.05, 0.1) is 7.11 Å². The number of carbonyl (C=O) groups is 1. The molecule has 1 heterocycles. The molecule has 8 nitrogen and oxygen atoms in total. The molecular weight excluding hydrogens is 370 g/mol. The van der Waals surface area contributed by atoms with Gasteiger partial charge in [0.25, 0.3) is 5.91 Å². The summed E-state index contributed by atoms with van der Waals surface area (Å²) in [6, 6.07) is 11.7. The van der Waals surface area contributed by atoms with Crippen molar-refractivity contribution in [3.05, 3.63) is 58.6 Å². The SMILES string of the molecule is COc1cc(C=Nc2n[nH]c(Nc3cccc(Cl)c3)c2C(N)=O)ccc1O. The average Bonchev–Trinajstić information content (AvgIpc) is 3.03. The number of aromatic nitrogens is 2. The van der Waals surface area contributed by atoms with Crippen LogP contribution in [0.5, 0.6) is 11.5 Å². The molecule has 5 N–H and O–H groups in total. The number of aromatic amines is 1. The number of anilines is 2. The minimum Gasteiger partial charge on any atom is -0.504 e. The molecule has 0 aliphatic carbocycles. The number of carbonyl (C=O) groups excluding carboxylic acids is 1. The van der Waals surface area contributed by atoms with Gasteiger partial charge in [-0.1, -0.05) is 17.7 Å². The third-order valence-corrected chi connectivity index (χ3v) is 3.86. The number of hydrogen-bond donors (Lipinski definition) is 4. The van der Waals surface area contributed by atoms with Crippen LogP contribution in [0.15, 0.2) is 47.5 Å². The summed E-state index contributed by atoms with van der Waals surface area (Å²) in [5.74, 6) is 0.0580. The van der Waals surface area contributed by atoms with Gasteiger partial charge in [-0.15, -0.1) is 0 Å². The molecule has 0 spiro atoms. The quantitative estimate of drug-likeness (QED) is 0.484. The second-order valence-electron chi connectivity index (χ2n) is 5.49. The monoisotopic (exact) mass is 385 g/mol. The summed E-state index contributed by atoms with van der Waals surface area (Å²) in [7, 11) is 1.45. The smallest absolute Gasteiger partial charge is 0.256 e. The molecule has 0 unspecified atom stereocenters. The van der Waals surface area contributed by atoms with Gasteiger partial charge in [-0.25, -0.2) is 4.99 Å². The summed E-state index contributed by atoms with van der Waals surface area (Å²) in [6.07, 6.45) is 1.48. The Morgan fingerprint density at radius 1 is 1.37 bits per heavy atom. The van der Waals surface area contributed by atoms with E-state index >= 15 is 0 Å². The van der Waals surface area contributed by atoms with E-state index in [9.17, 15) is 9.90 Å². The second-order valence-corrected chi connectivity index (χ2v) is 5.92. The highest BCUT2D eigenvalue weighted by Crippen LogP contribution is 2.28. The van der Waals surface area contributed by atoms with Crippen LogP contribution in [-0.4, -0.2) is 34.5 Å². The molecule has 0 bridgehead atoms. The average molecular weight is 386 g/mol. The van der Waals surface area contributed by atoms with Gasteiger partial charge in [0.1, 0.15) is 11.4 Å². The van der Waals surface area contributed by atoms with Crippen LogP contribution in [0.3, 0.4) is 0 Å². The number of rotatable bonds is 6. The molecule has 9 heteroatoms. The zero-order chi connectivity index (χ0) is 19.4. The number of halogens is 1. The van der Waals surface area contributed by atoms with Gasteiger partial charge in [-0.05, 0) is 42.0 Å². The van der Waals surface area contributed by atoms with E-state index < -0.39 is 5.91 Å². The Hall–Kier alpha value is -3.52. The fourth-order valence-corrected chi connectivity index (χ4v) is 2.56. The number of phenols is 1. The van der Waals surface area contributed by atoms with Crippen LogP contribution in [0.25, 0.3) is 0 Å². The van der Waals surface area contributed by atoms with Crippen molar-refractivity contribution in [3.8, 4) is 11.5 Å². The number of aromatic hydroxyl groups is 1. The molecule has 0 radical (unpaired) electrons. The summed E-state index contributed by atoms with van der Waals surface area (Å²) in [5, 5.41) is 19.9. The van der Waals surface area contributed by atoms with Crippen molar-refractivity contribution in [2.45, 2.75) is 0 Å². The molecule has 27 heavy (non-hydrogen) atoms. The van der Waals surface area contributed by atoms with Gasteiger partial charge in [0.2, 0.25) is 0 Å². The maximum atomic E-state index is 11.9. The number of nitrogens with two attached hydrogens (primary N) is 1. The highest BCUT2D eigenvalue weighted by atomic mass is 35.5. The van der Waals surface area contributed by atoms with Gasteiger partial charge < -0.3 is 20.9 Å². The molecule has 0 saturated heterocycles. The van der Waals surface area contributed by atoms with Crippen LogP contribution in [0.2, 0.25) is 5.02 Å². The van der Waals surface area contributed by atoms with E-state index in [-0.39, 0.29) is 17.1 Å². The molecule has 1 amide bonds. The summed E-state index contributed by atoms with van der Waals surface area (Å²) in [6.45, 7) is 0. The van der Waals surface area contributed by atoms with Crippen LogP contribution < -0.4 is 15.8 Å². The van der Waals surface area contributed by atoms with Crippen molar-refractivity contribution in [1.82, 2.24) is 10.2 Å². The number of hydrogen-bond acceptors (Lipinski definition) is 6. The normalized spacial score (nSPS) is 10.9. The number of primary amides is 1. The Morgan fingerprint density at radius 3 is 2.89 bits per heavy atom. The Kier molecular flexibility index (Phi) is 5.28. The highest BCUT2D eigenvalue weighted by molar-refractivity contribution is 6.30. The maximum absolute atomic E-state index is 11.9. The summed E-state index contributed by atoms with van der Waals surface area (Å²) in [5.41, 5.74) is 6.90. The summed E-state index contributed by atoms with van der Waals surface area (Å²) >= 11 is 5.96. The van der Waals surface area contributed by atoms with Gasteiger partial charge in [0, 0.05) is 16.9 Å². The number of nitrogens with zero attached hydrogens (tertiary/aromatic N) is 2. The number of H-pyrrole nitrogens is 1. The second kappa shape index (κ2) is 7.79. The number of benzene rings is 2. The molecule has 0 aliphatic rings. The van der Waals surface area contributed by atoms with Crippen LogP contribution in [0.4, 0.5) is 17.3 Å². The van der Waals surface area contributed by atoms with Crippen molar-refractivity contribution in [3.63, 3.8) is 0 Å². The number of amides is 1. The summed E-state index contributed by atoms with van der Waals surface area (Å²) < 4.78 is 5.05. The van der Waals surface area contributed by atoms with Crippen LogP contribution in [-0.2, 0) is 0 Å². The van der Waals surface area contributed by atoms with E-state index in [1.165, 1.54) is 19.4 Å². The lowest BCUT2D eigenvalue weighted by atomic mass is 10.2. The first-order chi connectivity index (χ1) is 13.0. The molecule has 2 aromatic carbocycles. The number of phenolic OH excluding ortho intramolecular Hbond substituents is 1. The van der Waals surface area contributed by atoms with Crippen LogP contribution >= 0.6 is 11.6 Å². The van der Waals surface area contributed by atoms with E-state index in [1.54, 1.807) is 36.4 Å². The Labute approximate surface area is 159 Å². The van der Waals surface area contributed by atoms with E-state index in [4.69, 9.17) is 22.1 Å². The van der Waals surface area contributed by atoms with E-state index in [2.05, 4.69) is 20.5 Å². The first kappa shape index (κ1) is 18.3.